The molecule has 34 heavy (non-hydrogen) atoms. The van der Waals surface area contributed by atoms with Gasteiger partial charge in [0.1, 0.15) is 5.82 Å². The van der Waals surface area contributed by atoms with Crippen LogP contribution < -0.4 is 21.6 Å². The van der Waals surface area contributed by atoms with Gasteiger partial charge in [-0.1, -0.05) is 30.2 Å². The molecule has 1 saturated heterocycles. The zero-order chi connectivity index (χ0) is 24.3. The van der Waals surface area contributed by atoms with Gasteiger partial charge in [0.2, 0.25) is 0 Å². The van der Waals surface area contributed by atoms with Crippen molar-refractivity contribution in [2.75, 3.05) is 31.5 Å². The standard InChI is InChI=1S/C23H27ClFN5O3S/c24-19-15-16(27-21(31)18-7-2-3-8-20(18)25)9-10-17(19)22(32)28-29-23(34)33-26-11-6-14-30-12-4-1-5-13-30/h2-3,7-10,15,26H,1,4-6,11-14H2,(H,27,31)(H,28,32)(H,29,34). The highest BCUT2D eigenvalue weighted by molar-refractivity contribution is 7.80. The number of thiocarbonyl (C=S) groups is 1. The number of carbonyl (C=O) groups excluding carboxylic acids is 2. The zero-order valence-electron chi connectivity index (χ0n) is 18.5. The summed E-state index contributed by atoms with van der Waals surface area (Å²) >= 11 is 11.2. The van der Waals surface area contributed by atoms with Crippen LogP contribution in [0.25, 0.3) is 0 Å². The molecule has 2 amide bonds. The number of benzene rings is 2. The second-order valence-corrected chi connectivity index (χ2v) is 8.53. The van der Waals surface area contributed by atoms with Gasteiger partial charge in [-0.15, -0.1) is 0 Å². The van der Waals surface area contributed by atoms with Crippen molar-refractivity contribution in [2.24, 2.45) is 0 Å². The Kier molecular flexibility index (Phi) is 10.0. The lowest BCUT2D eigenvalue weighted by molar-refractivity contribution is 0.0931. The molecular formula is C23H27ClFN5O3S. The normalized spacial score (nSPS) is 13.7. The molecule has 1 aliphatic rings. The molecule has 1 aliphatic heterocycles. The average Bonchev–Trinajstić information content (AvgIpc) is 2.83. The number of hydrogen-bond acceptors (Lipinski definition) is 6. The van der Waals surface area contributed by atoms with Crippen molar-refractivity contribution < 1.29 is 18.8 Å². The van der Waals surface area contributed by atoms with E-state index in [9.17, 15) is 14.0 Å². The first-order valence-electron chi connectivity index (χ1n) is 11.0. The second kappa shape index (κ2) is 13.2. The molecule has 0 spiro atoms. The first-order valence-corrected chi connectivity index (χ1v) is 11.8. The summed E-state index contributed by atoms with van der Waals surface area (Å²) in [5, 5.41) is 2.59. The van der Waals surface area contributed by atoms with E-state index in [-0.39, 0.29) is 21.3 Å². The molecule has 0 bridgehead atoms. The van der Waals surface area contributed by atoms with E-state index >= 15 is 0 Å². The number of nitrogens with one attached hydrogen (secondary N) is 4. The largest absolute Gasteiger partial charge is 0.377 e. The number of halogens is 2. The fourth-order valence-corrected chi connectivity index (χ4v) is 3.87. The highest BCUT2D eigenvalue weighted by atomic mass is 35.5. The number of piperidine rings is 1. The summed E-state index contributed by atoms with van der Waals surface area (Å²) in [6.07, 6.45) is 4.74. The van der Waals surface area contributed by atoms with E-state index in [0.29, 0.717) is 12.2 Å². The Balaban J connectivity index is 1.39. The van der Waals surface area contributed by atoms with E-state index < -0.39 is 17.6 Å². The lowest BCUT2D eigenvalue weighted by Crippen LogP contribution is -2.43. The molecule has 0 radical (unpaired) electrons. The van der Waals surface area contributed by atoms with Gasteiger partial charge in [0, 0.05) is 12.2 Å². The monoisotopic (exact) mass is 507 g/mol. The topological polar surface area (TPSA) is 94.7 Å². The Morgan fingerprint density at radius 2 is 1.79 bits per heavy atom. The fraction of sp³-hybridized carbons (Fsp3) is 0.348. The molecule has 0 saturated carbocycles. The molecule has 11 heteroatoms. The smallest absolute Gasteiger partial charge is 0.296 e. The minimum Gasteiger partial charge on any atom is -0.377 e. The molecule has 2 aromatic rings. The number of nitrogens with zero attached hydrogens (tertiary/aromatic N) is 1. The molecule has 182 valence electrons. The maximum absolute atomic E-state index is 13.8. The summed E-state index contributed by atoms with van der Waals surface area (Å²) in [6.45, 7) is 3.92. The van der Waals surface area contributed by atoms with Crippen molar-refractivity contribution >= 4 is 46.5 Å². The molecule has 0 atom stereocenters. The summed E-state index contributed by atoms with van der Waals surface area (Å²) in [7, 11) is 0. The molecule has 4 N–H and O–H groups in total. The Bertz CT molecular complexity index is 1020. The van der Waals surface area contributed by atoms with Crippen LogP contribution in [0.1, 0.15) is 46.4 Å². The van der Waals surface area contributed by atoms with E-state index in [2.05, 4.69) is 26.5 Å². The highest BCUT2D eigenvalue weighted by Gasteiger charge is 2.15. The van der Waals surface area contributed by atoms with Gasteiger partial charge in [-0.25, -0.2) is 4.39 Å². The van der Waals surface area contributed by atoms with Crippen LogP contribution in [-0.2, 0) is 4.84 Å². The van der Waals surface area contributed by atoms with Gasteiger partial charge in [-0.05, 0) is 81.4 Å². The number of likely N-dealkylation sites (tertiary alicyclic amines) is 1. The van der Waals surface area contributed by atoms with Crippen LogP contribution in [0.5, 0.6) is 0 Å². The third-order valence-corrected chi connectivity index (χ3v) is 5.73. The maximum Gasteiger partial charge on any atom is 0.296 e. The Hall–Kier alpha value is -2.79. The van der Waals surface area contributed by atoms with Crippen molar-refractivity contribution in [2.45, 2.75) is 25.7 Å². The Morgan fingerprint density at radius 1 is 1.03 bits per heavy atom. The van der Waals surface area contributed by atoms with E-state index in [1.807, 2.05) is 0 Å². The van der Waals surface area contributed by atoms with Crippen LogP contribution in [0, 0.1) is 5.82 Å². The number of amides is 2. The van der Waals surface area contributed by atoms with Crippen molar-refractivity contribution in [3.05, 3.63) is 64.4 Å². The quantitative estimate of drug-likeness (QED) is 0.246. The van der Waals surface area contributed by atoms with E-state index in [0.717, 1.165) is 26.1 Å². The van der Waals surface area contributed by atoms with Crippen LogP contribution in [0.15, 0.2) is 42.5 Å². The summed E-state index contributed by atoms with van der Waals surface area (Å²) in [5.41, 5.74) is 8.02. The molecule has 1 fully saturated rings. The third kappa shape index (κ3) is 7.91. The van der Waals surface area contributed by atoms with Gasteiger partial charge in [-0.2, -0.15) is 5.48 Å². The minimum atomic E-state index is -0.636. The van der Waals surface area contributed by atoms with Gasteiger partial charge in [0.15, 0.2) is 0 Å². The SMILES string of the molecule is O=C(Nc1ccc(C(=O)NNC(=S)ONCCCN2CCCCC2)c(Cl)c1)c1ccccc1F. The van der Waals surface area contributed by atoms with Crippen LogP contribution in [0.2, 0.25) is 5.02 Å². The summed E-state index contributed by atoms with van der Waals surface area (Å²) in [4.78, 5) is 32.2. The minimum absolute atomic E-state index is 0.0452. The van der Waals surface area contributed by atoms with Crippen molar-refractivity contribution in [3.8, 4) is 0 Å². The second-order valence-electron chi connectivity index (χ2n) is 7.75. The number of anilines is 1. The number of hydroxylamine groups is 1. The van der Waals surface area contributed by atoms with E-state index in [1.165, 1.54) is 55.7 Å². The molecule has 0 aromatic heterocycles. The van der Waals surface area contributed by atoms with Crippen LogP contribution in [-0.4, -0.2) is 48.1 Å². The van der Waals surface area contributed by atoms with Crippen molar-refractivity contribution in [1.29, 1.82) is 0 Å². The Labute approximate surface area is 208 Å². The molecule has 0 aliphatic carbocycles. The molecule has 1 heterocycles. The third-order valence-electron chi connectivity index (χ3n) is 5.23. The lowest BCUT2D eigenvalue weighted by atomic mass is 10.1. The summed E-state index contributed by atoms with van der Waals surface area (Å²) in [6, 6.07) is 9.93. The number of rotatable bonds is 8. The number of hydrogen-bond donors (Lipinski definition) is 4. The predicted octanol–water partition coefficient (Wildman–Crippen LogP) is 3.65. The summed E-state index contributed by atoms with van der Waals surface area (Å²) in [5.74, 6) is -1.81. The molecule has 3 rings (SSSR count). The highest BCUT2D eigenvalue weighted by Crippen LogP contribution is 2.22. The first kappa shape index (κ1) is 25.8. The molecular weight excluding hydrogens is 481 g/mol. The van der Waals surface area contributed by atoms with Gasteiger partial charge in [-0.3, -0.25) is 20.4 Å². The van der Waals surface area contributed by atoms with Crippen molar-refractivity contribution in [1.82, 2.24) is 21.2 Å². The lowest BCUT2D eigenvalue weighted by Gasteiger charge is -2.26. The predicted molar refractivity (Wildman–Crippen MR) is 133 cm³/mol. The van der Waals surface area contributed by atoms with Gasteiger partial charge in [0.05, 0.1) is 16.1 Å². The first-order chi connectivity index (χ1) is 16.4. The summed E-state index contributed by atoms with van der Waals surface area (Å²) < 4.78 is 13.8. The fourth-order valence-electron chi connectivity index (χ4n) is 3.50. The number of carbonyl (C=O) groups is 2. The van der Waals surface area contributed by atoms with Crippen LogP contribution in [0.3, 0.4) is 0 Å². The van der Waals surface area contributed by atoms with Gasteiger partial charge >= 0.3 is 0 Å². The maximum atomic E-state index is 13.8. The van der Waals surface area contributed by atoms with Crippen LogP contribution in [0.4, 0.5) is 10.1 Å². The van der Waals surface area contributed by atoms with Crippen LogP contribution >= 0.6 is 23.8 Å². The number of hydrazine groups is 1. The van der Waals surface area contributed by atoms with Crippen molar-refractivity contribution in [3.63, 3.8) is 0 Å². The molecule has 8 nitrogen and oxygen atoms in total. The molecule has 0 unspecified atom stereocenters. The Morgan fingerprint density at radius 3 is 2.53 bits per heavy atom. The molecule has 2 aromatic carbocycles. The zero-order valence-corrected chi connectivity index (χ0v) is 20.1. The average molecular weight is 508 g/mol. The van der Waals surface area contributed by atoms with Gasteiger partial charge in [0.25, 0.3) is 17.0 Å². The van der Waals surface area contributed by atoms with Gasteiger partial charge < -0.3 is 15.1 Å². The van der Waals surface area contributed by atoms with E-state index in [4.69, 9.17) is 28.7 Å². The van der Waals surface area contributed by atoms with E-state index in [1.54, 1.807) is 6.07 Å².